The number of carbonyl (C=O) groups excluding carboxylic acids is 2. The van der Waals surface area contributed by atoms with Crippen molar-refractivity contribution in [3.63, 3.8) is 0 Å². The third kappa shape index (κ3) is 8.07. The van der Waals surface area contributed by atoms with Crippen LogP contribution >= 0.6 is 0 Å². The van der Waals surface area contributed by atoms with Crippen LogP contribution in [0.1, 0.15) is 27.2 Å². The smallest absolute Gasteiger partial charge is 0.309 e. The summed E-state index contributed by atoms with van der Waals surface area (Å²) < 4.78 is 42.3. The molecular weight excluding hydrogens is 448 g/mol. The van der Waals surface area contributed by atoms with Gasteiger partial charge in [0.25, 0.3) is 5.91 Å². The third-order valence-electron chi connectivity index (χ3n) is 4.53. The van der Waals surface area contributed by atoms with E-state index < -0.39 is 28.5 Å². The highest BCUT2D eigenvalue weighted by molar-refractivity contribution is 7.89. The number of rotatable bonds is 13. The second-order valence-corrected chi connectivity index (χ2v) is 8.77. The van der Waals surface area contributed by atoms with Crippen molar-refractivity contribution in [2.24, 2.45) is 0 Å². The number of benzene rings is 2. The van der Waals surface area contributed by atoms with Gasteiger partial charge in [0.05, 0.1) is 24.5 Å². The quantitative estimate of drug-likeness (QED) is 0.441. The van der Waals surface area contributed by atoms with E-state index in [-0.39, 0.29) is 17.9 Å². The van der Waals surface area contributed by atoms with Gasteiger partial charge in [0.2, 0.25) is 10.0 Å². The molecule has 0 aliphatic carbocycles. The molecule has 2 aromatic carbocycles. The van der Waals surface area contributed by atoms with Gasteiger partial charge in [-0.2, -0.15) is 4.31 Å². The molecule has 0 fully saturated rings. The lowest BCUT2D eigenvalue weighted by Crippen LogP contribution is -2.30. The monoisotopic (exact) mass is 478 g/mol. The summed E-state index contributed by atoms with van der Waals surface area (Å²) in [6.45, 7) is 6.26. The Kier molecular flexibility index (Phi) is 10.1. The Balaban J connectivity index is 1.79. The fourth-order valence-electron chi connectivity index (χ4n) is 2.91. The molecule has 33 heavy (non-hydrogen) atoms. The average molecular weight is 479 g/mol. The number of nitrogens with one attached hydrogen (secondary N) is 1. The van der Waals surface area contributed by atoms with E-state index in [9.17, 15) is 18.0 Å². The minimum Gasteiger partial charge on any atom is -0.494 e. The average Bonchev–Trinajstić information content (AvgIpc) is 2.80. The van der Waals surface area contributed by atoms with Gasteiger partial charge < -0.3 is 19.5 Å². The first-order valence-electron chi connectivity index (χ1n) is 10.7. The van der Waals surface area contributed by atoms with E-state index in [0.29, 0.717) is 31.1 Å². The Bertz CT molecular complexity index is 1020. The Hall–Kier alpha value is -3.11. The van der Waals surface area contributed by atoms with E-state index in [1.165, 1.54) is 22.5 Å². The maximum Gasteiger partial charge on any atom is 0.309 e. The molecule has 10 heteroatoms. The summed E-state index contributed by atoms with van der Waals surface area (Å²) in [5.41, 5.74) is 0.295. The van der Waals surface area contributed by atoms with Crippen molar-refractivity contribution in [3.05, 3.63) is 48.5 Å². The van der Waals surface area contributed by atoms with Gasteiger partial charge >= 0.3 is 5.97 Å². The van der Waals surface area contributed by atoms with Crippen LogP contribution < -0.4 is 14.8 Å². The minimum atomic E-state index is -3.65. The number of ether oxygens (including phenoxy) is 3. The van der Waals surface area contributed by atoms with Crippen molar-refractivity contribution in [2.45, 2.75) is 32.1 Å². The number of amides is 1. The van der Waals surface area contributed by atoms with Crippen molar-refractivity contribution < 1.29 is 32.2 Å². The molecule has 0 aliphatic heterocycles. The van der Waals surface area contributed by atoms with E-state index in [0.717, 1.165) is 5.75 Å². The second kappa shape index (κ2) is 12.8. The maximum atomic E-state index is 12.6. The number of nitrogens with zero attached hydrogens (tertiary/aromatic N) is 1. The summed E-state index contributed by atoms with van der Waals surface area (Å²) in [4.78, 5) is 24.1. The van der Waals surface area contributed by atoms with Gasteiger partial charge in [0, 0.05) is 18.8 Å². The van der Waals surface area contributed by atoms with E-state index in [1.807, 2.05) is 6.92 Å². The fourth-order valence-corrected chi connectivity index (χ4v) is 4.42. The molecule has 1 N–H and O–H groups in total. The molecule has 2 rings (SSSR count). The largest absolute Gasteiger partial charge is 0.494 e. The van der Waals surface area contributed by atoms with Crippen LogP contribution in [0.2, 0.25) is 0 Å². The van der Waals surface area contributed by atoms with Gasteiger partial charge in [-0.3, -0.25) is 9.59 Å². The molecule has 0 atom stereocenters. The lowest BCUT2D eigenvalue weighted by atomic mass is 10.3. The first-order chi connectivity index (χ1) is 15.8. The van der Waals surface area contributed by atoms with Crippen LogP contribution in [0.5, 0.6) is 11.5 Å². The minimum absolute atomic E-state index is 0.0297. The Morgan fingerprint density at radius 3 is 2.18 bits per heavy atom. The summed E-state index contributed by atoms with van der Waals surface area (Å²) in [7, 11) is -3.65. The van der Waals surface area contributed by atoms with E-state index in [2.05, 4.69) is 5.32 Å². The number of esters is 1. The molecule has 0 radical (unpaired) electrons. The van der Waals surface area contributed by atoms with Crippen molar-refractivity contribution in [3.8, 4) is 11.5 Å². The fraction of sp³-hybridized carbons (Fsp3) is 0.391. The van der Waals surface area contributed by atoms with Crippen molar-refractivity contribution >= 4 is 27.6 Å². The Morgan fingerprint density at radius 1 is 0.939 bits per heavy atom. The number of carbonyl (C=O) groups is 2. The van der Waals surface area contributed by atoms with Gasteiger partial charge in [-0.1, -0.05) is 19.9 Å². The van der Waals surface area contributed by atoms with Crippen LogP contribution in [0, 0.1) is 0 Å². The molecule has 0 bridgehead atoms. The zero-order chi connectivity index (χ0) is 24.3. The lowest BCUT2D eigenvalue weighted by Gasteiger charge is -2.18. The van der Waals surface area contributed by atoms with Crippen molar-refractivity contribution in [1.29, 1.82) is 0 Å². The normalized spacial score (nSPS) is 11.2. The first kappa shape index (κ1) is 26.1. The standard InChI is InChI=1S/C23H30N2O7S/c1-4-25(5-2)33(28,29)21-9-7-8-18(16-21)24-22(26)17-32-23(27)14-15-31-20-12-10-19(11-13-20)30-6-3/h7-13,16H,4-6,14-15,17H2,1-3H3,(H,24,26). The van der Waals surface area contributed by atoms with Crippen LogP contribution in [0.25, 0.3) is 0 Å². The van der Waals surface area contributed by atoms with Crippen molar-refractivity contribution in [1.82, 2.24) is 4.31 Å². The highest BCUT2D eigenvalue weighted by atomic mass is 32.2. The van der Waals surface area contributed by atoms with E-state index in [4.69, 9.17) is 14.2 Å². The van der Waals surface area contributed by atoms with Crippen LogP contribution in [0.15, 0.2) is 53.4 Å². The molecule has 0 saturated heterocycles. The summed E-state index contributed by atoms with van der Waals surface area (Å²) in [5.74, 6) is 0.150. The Morgan fingerprint density at radius 2 is 1.58 bits per heavy atom. The van der Waals surface area contributed by atoms with Gasteiger partial charge in [0.1, 0.15) is 11.5 Å². The van der Waals surface area contributed by atoms with Crippen LogP contribution in [-0.2, 0) is 24.3 Å². The van der Waals surface area contributed by atoms with Gasteiger partial charge in [0.15, 0.2) is 6.61 Å². The second-order valence-electron chi connectivity index (χ2n) is 6.83. The maximum absolute atomic E-state index is 12.6. The predicted molar refractivity (Wildman–Crippen MR) is 124 cm³/mol. The molecule has 0 heterocycles. The highest BCUT2D eigenvalue weighted by Crippen LogP contribution is 2.20. The highest BCUT2D eigenvalue weighted by Gasteiger charge is 2.22. The first-order valence-corrected chi connectivity index (χ1v) is 12.2. The van der Waals surface area contributed by atoms with E-state index in [1.54, 1.807) is 44.2 Å². The summed E-state index contributed by atoms with van der Waals surface area (Å²) in [6, 6.07) is 12.9. The van der Waals surface area contributed by atoms with E-state index >= 15 is 0 Å². The number of sulfonamides is 1. The summed E-state index contributed by atoms with van der Waals surface area (Å²) in [5, 5.41) is 2.54. The SMILES string of the molecule is CCOc1ccc(OCCC(=O)OCC(=O)Nc2cccc(S(=O)(=O)N(CC)CC)c2)cc1. The van der Waals surface area contributed by atoms with Gasteiger partial charge in [-0.25, -0.2) is 8.42 Å². The topological polar surface area (TPSA) is 111 Å². The molecule has 0 spiro atoms. The van der Waals surface area contributed by atoms with Gasteiger partial charge in [-0.15, -0.1) is 0 Å². The summed E-state index contributed by atoms with van der Waals surface area (Å²) in [6.07, 6.45) is -0.0297. The molecule has 0 unspecified atom stereocenters. The molecule has 0 aromatic heterocycles. The number of anilines is 1. The third-order valence-corrected chi connectivity index (χ3v) is 6.58. The molecule has 180 valence electrons. The zero-order valence-corrected chi connectivity index (χ0v) is 19.9. The zero-order valence-electron chi connectivity index (χ0n) is 19.1. The van der Waals surface area contributed by atoms with Crippen LogP contribution in [0.3, 0.4) is 0 Å². The molecular formula is C23H30N2O7S. The lowest BCUT2D eigenvalue weighted by molar-refractivity contribution is -0.147. The number of hydrogen-bond acceptors (Lipinski definition) is 7. The molecule has 0 aliphatic rings. The molecule has 9 nitrogen and oxygen atoms in total. The predicted octanol–water partition coefficient (Wildman–Crippen LogP) is 3.07. The summed E-state index contributed by atoms with van der Waals surface area (Å²) >= 11 is 0. The van der Waals surface area contributed by atoms with Crippen molar-refractivity contribution in [2.75, 3.05) is 38.2 Å². The Labute approximate surface area is 194 Å². The molecule has 2 aromatic rings. The molecule has 1 amide bonds. The van der Waals surface area contributed by atoms with Crippen LogP contribution in [-0.4, -0.2) is 57.5 Å². The van der Waals surface area contributed by atoms with Gasteiger partial charge in [-0.05, 0) is 49.4 Å². The number of hydrogen-bond donors (Lipinski definition) is 1. The van der Waals surface area contributed by atoms with Crippen LogP contribution in [0.4, 0.5) is 5.69 Å². The molecule has 0 saturated carbocycles.